The summed E-state index contributed by atoms with van der Waals surface area (Å²) < 4.78 is 5.28. The van der Waals surface area contributed by atoms with Crippen LogP contribution in [0.3, 0.4) is 0 Å². The van der Waals surface area contributed by atoms with Gasteiger partial charge in [0.05, 0.1) is 0 Å². The molecule has 5 heteroatoms. The van der Waals surface area contributed by atoms with Crippen LogP contribution in [0.25, 0.3) is 0 Å². The van der Waals surface area contributed by atoms with Gasteiger partial charge in [-0.25, -0.2) is 0 Å². The third-order valence-electron chi connectivity index (χ3n) is 4.74. The summed E-state index contributed by atoms with van der Waals surface area (Å²) in [5.74, 6) is -0.0774. The first-order valence-electron chi connectivity index (χ1n) is 9.79. The van der Waals surface area contributed by atoms with Gasteiger partial charge >= 0.3 is 5.97 Å². The molecule has 5 nitrogen and oxygen atoms in total. The Bertz CT molecular complexity index is 535. The number of cyclic esters (lactones) is 1. The summed E-state index contributed by atoms with van der Waals surface area (Å²) >= 11 is 0. The number of ketones is 3. The molecule has 1 fully saturated rings. The van der Waals surface area contributed by atoms with E-state index < -0.39 is 5.60 Å². The van der Waals surface area contributed by atoms with E-state index in [1.54, 1.807) is 6.08 Å². The monoisotopic (exact) mass is 364 g/mol. The van der Waals surface area contributed by atoms with E-state index in [2.05, 4.69) is 6.92 Å². The van der Waals surface area contributed by atoms with Gasteiger partial charge in [-0.2, -0.15) is 0 Å². The van der Waals surface area contributed by atoms with Crippen molar-refractivity contribution in [1.82, 2.24) is 0 Å². The molecule has 1 aliphatic heterocycles. The number of ether oxygens (including phenoxy) is 1. The molecule has 0 aromatic rings. The molecular formula is C21H32O5. The first-order valence-corrected chi connectivity index (χ1v) is 9.79. The van der Waals surface area contributed by atoms with Gasteiger partial charge in [0.15, 0.2) is 5.78 Å². The first-order chi connectivity index (χ1) is 12.3. The molecular weight excluding hydrogens is 332 g/mol. The molecule has 0 N–H and O–H groups in total. The second-order valence-corrected chi connectivity index (χ2v) is 7.38. The molecule has 0 bridgehead atoms. The van der Waals surface area contributed by atoms with Crippen molar-refractivity contribution >= 4 is 23.3 Å². The highest BCUT2D eigenvalue weighted by atomic mass is 16.6. The number of allylic oxidation sites excluding steroid dienone is 2. The fourth-order valence-electron chi connectivity index (χ4n) is 3.05. The van der Waals surface area contributed by atoms with Crippen molar-refractivity contribution in [2.24, 2.45) is 0 Å². The van der Waals surface area contributed by atoms with Crippen LogP contribution in [0.1, 0.15) is 90.9 Å². The van der Waals surface area contributed by atoms with Crippen LogP contribution in [0.2, 0.25) is 0 Å². The van der Waals surface area contributed by atoms with Gasteiger partial charge in [-0.1, -0.05) is 25.8 Å². The van der Waals surface area contributed by atoms with Crippen LogP contribution >= 0.6 is 0 Å². The summed E-state index contributed by atoms with van der Waals surface area (Å²) in [4.78, 5) is 46.4. The summed E-state index contributed by atoms with van der Waals surface area (Å²) in [6, 6.07) is 0. The molecule has 0 radical (unpaired) electrons. The largest absolute Gasteiger partial charge is 0.459 e. The fourth-order valence-corrected chi connectivity index (χ4v) is 3.05. The minimum atomic E-state index is -0.431. The third-order valence-corrected chi connectivity index (χ3v) is 4.74. The van der Waals surface area contributed by atoms with E-state index in [0.717, 1.165) is 19.3 Å². The Hall–Kier alpha value is -1.78. The smallest absolute Gasteiger partial charge is 0.306 e. The number of Topliss-reactive ketones (excluding diaryl/α,β-unsaturated/α-hetero) is 2. The maximum absolute atomic E-state index is 11.9. The van der Waals surface area contributed by atoms with E-state index in [9.17, 15) is 19.2 Å². The van der Waals surface area contributed by atoms with Crippen molar-refractivity contribution in [1.29, 1.82) is 0 Å². The van der Waals surface area contributed by atoms with Crippen molar-refractivity contribution in [3.8, 4) is 0 Å². The summed E-state index contributed by atoms with van der Waals surface area (Å²) in [6.45, 7) is 3.99. The zero-order chi connectivity index (χ0) is 19.4. The van der Waals surface area contributed by atoms with Gasteiger partial charge in [0.2, 0.25) is 0 Å². The minimum Gasteiger partial charge on any atom is -0.459 e. The first kappa shape index (κ1) is 22.3. The maximum Gasteiger partial charge on any atom is 0.306 e. The number of carbonyl (C=O) groups is 4. The van der Waals surface area contributed by atoms with E-state index in [4.69, 9.17) is 4.74 Å². The predicted molar refractivity (Wildman–Crippen MR) is 99.7 cm³/mol. The summed E-state index contributed by atoms with van der Waals surface area (Å²) in [5.41, 5.74) is -0.431. The lowest BCUT2D eigenvalue weighted by atomic mass is 9.94. The minimum absolute atomic E-state index is 0.0512. The highest BCUT2D eigenvalue weighted by Gasteiger charge is 2.35. The van der Waals surface area contributed by atoms with Gasteiger partial charge in [-0.3, -0.25) is 19.2 Å². The summed E-state index contributed by atoms with van der Waals surface area (Å²) in [7, 11) is 0. The number of hydrogen-bond acceptors (Lipinski definition) is 5. The normalized spacial score (nSPS) is 19.7. The standard InChI is InChI=1S/C21H32O5/c1-3-4-5-8-17(22)9-6-10-18(23)12-13-19(24)11-7-15-21(2)16-14-20(25)26-21/h6,10H,3-5,7-9,11-16H2,1-2H3/b10-6+. The van der Waals surface area contributed by atoms with E-state index >= 15 is 0 Å². The van der Waals surface area contributed by atoms with E-state index in [-0.39, 0.29) is 36.2 Å². The van der Waals surface area contributed by atoms with Crippen LogP contribution in [0.15, 0.2) is 12.2 Å². The van der Waals surface area contributed by atoms with Gasteiger partial charge in [0, 0.05) is 38.5 Å². The Labute approximate surface area is 156 Å². The van der Waals surface area contributed by atoms with Gasteiger partial charge in [-0.05, 0) is 38.7 Å². The van der Waals surface area contributed by atoms with Crippen LogP contribution in [-0.4, -0.2) is 28.9 Å². The van der Waals surface area contributed by atoms with Crippen molar-refractivity contribution < 1.29 is 23.9 Å². The second kappa shape index (κ2) is 11.8. The number of esters is 1. The molecule has 0 aromatic heterocycles. The molecule has 26 heavy (non-hydrogen) atoms. The van der Waals surface area contributed by atoms with Crippen molar-refractivity contribution in [3.63, 3.8) is 0 Å². The Kier molecular flexibility index (Phi) is 10.1. The average molecular weight is 364 g/mol. The van der Waals surface area contributed by atoms with Crippen LogP contribution in [0, 0.1) is 0 Å². The summed E-state index contributed by atoms with van der Waals surface area (Å²) in [5, 5.41) is 0. The van der Waals surface area contributed by atoms with Gasteiger partial charge < -0.3 is 4.74 Å². The number of hydrogen-bond donors (Lipinski definition) is 0. The maximum atomic E-state index is 11.9. The molecule has 0 aliphatic carbocycles. The molecule has 1 atom stereocenters. The lowest BCUT2D eigenvalue weighted by Crippen LogP contribution is -2.23. The second-order valence-electron chi connectivity index (χ2n) is 7.38. The summed E-state index contributed by atoms with van der Waals surface area (Å²) in [6.07, 6.45) is 10.3. The molecule has 1 saturated heterocycles. The lowest BCUT2D eigenvalue weighted by molar-refractivity contribution is -0.147. The average Bonchev–Trinajstić information content (AvgIpc) is 2.92. The SMILES string of the molecule is CCCCCC(=O)C/C=C/C(=O)CCC(=O)CCCC1(C)CCC(=O)O1. The van der Waals surface area contributed by atoms with Gasteiger partial charge in [0.1, 0.15) is 17.2 Å². The molecule has 0 amide bonds. The molecule has 1 unspecified atom stereocenters. The quantitative estimate of drug-likeness (QED) is 0.261. The fraction of sp³-hybridized carbons (Fsp3) is 0.714. The Morgan fingerprint density at radius 2 is 1.77 bits per heavy atom. The molecule has 1 aliphatic rings. The number of carbonyl (C=O) groups excluding carboxylic acids is 4. The zero-order valence-electron chi connectivity index (χ0n) is 16.2. The van der Waals surface area contributed by atoms with E-state index in [0.29, 0.717) is 44.9 Å². The molecule has 146 valence electrons. The topological polar surface area (TPSA) is 77.5 Å². The Morgan fingerprint density at radius 3 is 2.42 bits per heavy atom. The predicted octanol–water partition coefficient (Wildman–Crippen LogP) is 4.27. The van der Waals surface area contributed by atoms with Gasteiger partial charge in [-0.15, -0.1) is 0 Å². The van der Waals surface area contributed by atoms with Crippen LogP contribution in [0.5, 0.6) is 0 Å². The highest BCUT2D eigenvalue weighted by Crippen LogP contribution is 2.31. The molecule has 0 saturated carbocycles. The van der Waals surface area contributed by atoms with Crippen LogP contribution in [-0.2, 0) is 23.9 Å². The number of rotatable bonds is 14. The third kappa shape index (κ3) is 9.64. The molecule has 1 heterocycles. The van der Waals surface area contributed by atoms with Crippen molar-refractivity contribution in [2.75, 3.05) is 0 Å². The lowest BCUT2D eigenvalue weighted by Gasteiger charge is -2.21. The zero-order valence-corrected chi connectivity index (χ0v) is 16.2. The van der Waals surface area contributed by atoms with Gasteiger partial charge in [0.25, 0.3) is 0 Å². The van der Waals surface area contributed by atoms with Crippen LogP contribution < -0.4 is 0 Å². The molecule has 0 aromatic carbocycles. The molecule has 1 rings (SSSR count). The van der Waals surface area contributed by atoms with E-state index in [1.165, 1.54) is 6.08 Å². The Balaban J connectivity index is 2.12. The van der Waals surface area contributed by atoms with Crippen molar-refractivity contribution in [3.05, 3.63) is 12.2 Å². The van der Waals surface area contributed by atoms with E-state index in [1.807, 2.05) is 6.92 Å². The number of unbranched alkanes of at least 4 members (excludes halogenated alkanes) is 2. The van der Waals surface area contributed by atoms with Crippen molar-refractivity contribution in [2.45, 2.75) is 96.5 Å². The highest BCUT2D eigenvalue weighted by molar-refractivity contribution is 5.93. The Morgan fingerprint density at radius 1 is 1.04 bits per heavy atom. The molecule has 0 spiro atoms. The van der Waals surface area contributed by atoms with Crippen LogP contribution in [0.4, 0.5) is 0 Å².